The average Bonchev–Trinajstić information content (AvgIpc) is 2.83. The van der Waals surface area contributed by atoms with E-state index in [9.17, 15) is 10.1 Å². The summed E-state index contributed by atoms with van der Waals surface area (Å²) in [5.41, 5.74) is 4.88. The Morgan fingerprint density at radius 3 is 2.42 bits per heavy atom. The number of nitrogens with zero attached hydrogens (tertiary/aromatic N) is 2. The molecule has 0 atom stereocenters. The fourth-order valence-corrected chi connectivity index (χ4v) is 2.79. The van der Waals surface area contributed by atoms with Crippen molar-refractivity contribution < 1.29 is 19.0 Å². The molecule has 3 aromatic carbocycles. The van der Waals surface area contributed by atoms with Crippen LogP contribution in [0.25, 0.3) is 0 Å². The summed E-state index contributed by atoms with van der Waals surface area (Å²) < 4.78 is 16.2. The highest BCUT2D eigenvalue weighted by molar-refractivity contribution is 5.96. The van der Waals surface area contributed by atoms with E-state index in [1.165, 1.54) is 20.4 Å². The van der Waals surface area contributed by atoms with Crippen LogP contribution in [0.3, 0.4) is 0 Å². The summed E-state index contributed by atoms with van der Waals surface area (Å²) in [6.45, 7) is 0.241. The molecule has 31 heavy (non-hydrogen) atoms. The number of amides is 1. The molecule has 0 saturated carbocycles. The van der Waals surface area contributed by atoms with Gasteiger partial charge in [0.05, 0.1) is 32.1 Å². The minimum atomic E-state index is -0.408. The molecule has 0 heterocycles. The second-order valence-electron chi connectivity index (χ2n) is 6.40. The minimum absolute atomic E-state index is 0.241. The predicted octanol–water partition coefficient (Wildman–Crippen LogP) is 3.92. The van der Waals surface area contributed by atoms with Crippen LogP contribution in [0.5, 0.6) is 17.2 Å². The van der Waals surface area contributed by atoms with Gasteiger partial charge in [0.25, 0.3) is 5.91 Å². The smallest absolute Gasteiger partial charge is 0.271 e. The molecular weight excluding hydrogens is 394 g/mol. The van der Waals surface area contributed by atoms with E-state index in [0.717, 1.165) is 5.56 Å². The normalized spacial score (nSPS) is 10.4. The molecule has 1 N–H and O–H groups in total. The van der Waals surface area contributed by atoms with Crippen molar-refractivity contribution in [2.75, 3.05) is 14.2 Å². The number of benzene rings is 3. The third-order valence-corrected chi connectivity index (χ3v) is 4.42. The Bertz CT molecular complexity index is 1110. The molecule has 0 unspecified atom stereocenters. The first kappa shape index (κ1) is 21.4. The molecule has 7 nitrogen and oxygen atoms in total. The Balaban J connectivity index is 1.69. The molecule has 0 spiro atoms. The molecule has 0 fully saturated rings. The summed E-state index contributed by atoms with van der Waals surface area (Å²) in [4.78, 5) is 12.4. The van der Waals surface area contributed by atoms with Crippen molar-refractivity contribution in [3.05, 3.63) is 89.0 Å². The van der Waals surface area contributed by atoms with E-state index < -0.39 is 5.91 Å². The zero-order valence-electron chi connectivity index (χ0n) is 17.2. The maximum Gasteiger partial charge on any atom is 0.271 e. The number of nitriles is 1. The third-order valence-electron chi connectivity index (χ3n) is 4.42. The molecular formula is C24H21N3O4. The van der Waals surface area contributed by atoms with E-state index in [1.807, 2.05) is 36.4 Å². The van der Waals surface area contributed by atoms with Crippen molar-refractivity contribution in [1.82, 2.24) is 5.43 Å². The lowest BCUT2D eigenvalue weighted by molar-refractivity contribution is 0.0954. The average molecular weight is 415 g/mol. The van der Waals surface area contributed by atoms with Crippen molar-refractivity contribution in [2.45, 2.75) is 6.61 Å². The Hall–Kier alpha value is -4.31. The number of hydrazone groups is 1. The molecule has 0 aliphatic carbocycles. The fraction of sp³-hybridized carbons (Fsp3) is 0.125. The van der Waals surface area contributed by atoms with Crippen LogP contribution in [0.2, 0.25) is 0 Å². The summed E-state index contributed by atoms with van der Waals surface area (Å²) in [5.74, 6) is 1.18. The van der Waals surface area contributed by atoms with E-state index in [0.29, 0.717) is 33.9 Å². The van der Waals surface area contributed by atoms with Crippen LogP contribution < -0.4 is 19.6 Å². The van der Waals surface area contributed by atoms with Gasteiger partial charge in [0.1, 0.15) is 23.9 Å². The van der Waals surface area contributed by atoms with Gasteiger partial charge in [-0.15, -0.1) is 0 Å². The quantitative estimate of drug-likeness (QED) is 0.445. The van der Waals surface area contributed by atoms with Gasteiger partial charge in [-0.05, 0) is 30.3 Å². The third kappa shape index (κ3) is 5.61. The number of methoxy groups -OCH3 is 2. The van der Waals surface area contributed by atoms with Gasteiger partial charge in [-0.25, -0.2) is 5.43 Å². The zero-order valence-corrected chi connectivity index (χ0v) is 17.2. The highest BCUT2D eigenvalue weighted by Gasteiger charge is 2.09. The molecule has 0 saturated heterocycles. The number of rotatable bonds is 8. The Morgan fingerprint density at radius 2 is 1.71 bits per heavy atom. The van der Waals surface area contributed by atoms with Crippen molar-refractivity contribution >= 4 is 12.1 Å². The lowest BCUT2D eigenvalue weighted by Crippen LogP contribution is -2.17. The fourth-order valence-electron chi connectivity index (χ4n) is 2.79. The number of nitrogens with one attached hydrogen (secondary N) is 1. The molecule has 3 rings (SSSR count). The van der Waals surface area contributed by atoms with Gasteiger partial charge < -0.3 is 14.2 Å². The molecule has 1 amide bonds. The van der Waals surface area contributed by atoms with Gasteiger partial charge in [-0.3, -0.25) is 4.79 Å². The second-order valence-corrected chi connectivity index (χ2v) is 6.40. The standard InChI is InChI=1S/C24H21N3O4/c1-29-21-11-20(12-22(13-21)30-2)24(28)27-26-15-18-8-5-6-10-23(18)31-16-19-9-4-3-7-17(19)14-25/h3-13,15H,16H2,1-2H3,(H,27,28)/b26-15-. The van der Waals surface area contributed by atoms with Crippen LogP contribution in [-0.4, -0.2) is 26.3 Å². The molecule has 0 aliphatic rings. The molecule has 7 heteroatoms. The zero-order chi connectivity index (χ0) is 22.1. The first-order chi connectivity index (χ1) is 15.1. The van der Waals surface area contributed by atoms with Gasteiger partial charge in [-0.2, -0.15) is 10.4 Å². The molecule has 0 bridgehead atoms. The molecule has 3 aromatic rings. The van der Waals surface area contributed by atoms with Gasteiger partial charge in [0.2, 0.25) is 0 Å². The van der Waals surface area contributed by atoms with E-state index in [-0.39, 0.29) is 6.61 Å². The maximum absolute atomic E-state index is 12.4. The lowest BCUT2D eigenvalue weighted by Gasteiger charge is -2.10. The van der Waals surface area contributed by atoms with Crippen LogP contribution in [0.1, 0.15) is 27.0 Å². The van der Waals surface area contributed by atoms with Gasteiger partial charge in [0, 0.05) is 22.8 Å². The number of carbonyl (C=O) groups excluding carboxylic acids is 1. The highest BCUT2D eigenvalue weighted by Crippen LogP contribution is 2.22. The number of para-hydroxylation sites is 1. The molecule has 0 aliphatic heterocycles. The topological polar surface area (TPSA) is 92.9 Å². The molecule has 156 valence electrons. The number of hydrogen-bond donors (Lipinski definition) is 1. The Morgan fingerprint density at radius 1 is 1.03 bits per heavy atom. The van der Waals surface area contributed by atoms with Crippen molar-refractivity contribution in [3.63, 3.8) is 0 Å². The largest absolute Gasteiger partial charge is 0.497 e. The SMILES string of the molecule is COc1cc(OC)cc(C(=O)N/N=C\c2ccccc2OCc2ccccc2C#N)c1. The van der Waals surface area contributed by atoms with E-state index >= 15 is 0 Å². The van der Waals surface area contributed by atoms with Crippen LogP contribution in [-0.2, 0) is 6.61 Å². The van der Waals surface area contributed by atoms with Crippen LogP contribution in [0.4, 0.5) is 0 Å². The first-order valence-electron chi connectivity index (χ1n) is 9.41. The summed E-state index contributed by atoms with van der Waals surface area (Å²) in [6.07, 6.45) is 1.50. The summed E-state index contributed by atoms with van der Waals surface area (Å²) in [6, 6.07) is 21.6. The number of carbonyl (C=O) groups is 1. The van der Waals surface area contributed by atoms with Gasteiger partial charge in [-0.1, -0.05) is 30.3 Å². The van der Waals surface area contributed by atoms with Gasteiger partial charge in [0.15, 0.2) is 0 Å². The van der Waals surface area contributed by atoms with E-state index in [2.05, 4.69) is 16.6 Å². The minimum Gasteiger partial charge on any atom is -0.497 e. The van der Waals surface area contributed by atoms with E-state index in [4.69, 9.17) is 14.2 Å². The summed E-state index contributed by atoms with van der Waals surface area (Å²) in [7, 11) is 3.03. The van der Waals surface area contributed by atoms with Crippen molar-refractivity contribution in [1.29, 1.82) is 5.26 Å². The lowest BCUT2D eigenvalue weighted by atomic mass is 10.1. The maximum atomic E-state index is 12.4. The number of hydrogen-bond acceptors (Lipinski definition) is 6. The highest BCUT2D eigenvalue weighted by atomic mass is 16.5. The monoisotopic (exact) mass is 415 g/mol. The Labute approximate surface area is 180 Å². The number of ether oxygens (including phenoxy) is 3. The van der Waals surface area contributed by atoms with Crippen LogP contribution >= 0.6 is 0 Å². The molecule has 0 radical (unpaired) electrons. The van der Waals surface area contributed by atoms with Crippen molar-refractivity contribution in [3.8, 4) is 23.3 Å². The van der Waals surface area contributed by atoms with Crippen LogP contribution in [0.15, 0.2) is 71.8 Å². The molecule has 0 aromatic heterocycles. The summed E-state index contributed by atoms with van der Waals surface area (Å²) >= 11 is 0. The van der Waals surface area contributed by atoms with Crippen molar-refractivity contribution in [2.24, 2.45) is 5.10 Å². The van der Waals surface area contributed by atoms with Crippen LogP contribution in [0, 0.1) is 11.3 Å². The predicted molar refractivity (Wildman–Crippen MR) is 117 cm³/mol. The van der Waals surface area contributed by atoms with E-state index in [1.54, 1.807) is 30.3 Å². The summed E-state index contributed by atoms with van der Waals surface area (Å²) in [5, 5.41) is 13.3. The Kier molecular flexibility index (Phi) is 7.22. The second kappa shape index (κ2) is 10.5. The first-order valence-corrected chi connectivity index (χ1v) is 9.41. The van der Waals surface area contributed by atoms with Gasteiger partial charge >= 0.3 is 0 Å².